The van der Waals surface area contributed by atoms with Crippen molar-refractivity contribution in [3.8, 4) is 0 Å². The van der Waals surface area contributed by atoms with Crippen molar-refractivity contribution in [1.82, 2.24) is 10.2 Å². The number of hydrogen-bond donors (Lipinski definition) is 1. The van der Waals surface area contributed by atoms with Crippen molar-refractivity contribution in [3.05, 3.63) is 0 Å². The lowest BCUT2D eigenvalue weighted by atomic mass is 9.69. The zero-order valence-electron chi connectivity index (χ0n) is 14.6. The van der Waals surface area contributed by atoms with Crippen LogP contribution in [0.5, 0.6) is 0 Å². The first kappa shape index (κ1) is 16.3. The zero-order chi connectivity index (χ0) is 14.9. The fourth-order valence-corrected chi connectivity index (χ4v) is 4.55. The number of piperidine rings is 1. The summed E-state index contributed by atoms with van der Waals surface area (Å²) < 4.78 is 0. The van der Waals surface area contributed by atoms with E-state index in [1.54, 1.807) is 0 Å². The van der Waals surface area contributed by atoms with Gasteiger partial charge in [0.25, 0.3) is 0 Å². The Morgan fingerprint density at radius 2 is 1.70 bits per heavy atom. The normalized spacial score (nSPS) is 40.8. The summed E-state index contributed by atoms with van der Waals surface area (Å²) >= 11 is 0. The van der Waals surface area contributed by atoms with Crippen LogP contribution in [0, 0.1) is 17.3 Å². The first-order valence-corrected chi connectivity index (χ1v) is 8.76. The average molecular weight is 280 g/mol. The van der Waals surface area contributed by atoms with Gasteiger partial charge in [0.2, 0.25) is 0 Å². The Balaban J connectivity index is 2.09. The van der Waals surface area contributed by atoms with Crippen molar-refractivity contribution in [3.63, 3.8) is 0 Å². The van der Waals surface area contributed by atoms with E-state index in [-0.39, 0.29) is 0 Å². The molecule has 1 aliphatic carbocycles. The van der Waals surface area contributed by atoms with Gasteiger partial charge in [-0.1, -0.05) is 27.7 Å². The lowest BCUT2D eigenvalue weighted by Gasteiger charge is -2.50. The minimum absolute atomic E-state index is 0.462. The fraction of sp³-hybridized carbons (Fsp3) is 1.00. The molecule has 2 rings (SSSR count). The lowest BCUT2D eigenvalue weighted by Crippen LogP contribution is -2.57. The van der Waals surface area contributed by atoms with E-state index in [0.29, 0.717) is 11.5 Å². The van der Waals surface area contributed by atoms with E-state index < -0.39 is 0 Å². The Morgan fingerprint density at radius 3 is 2.25 bits per heavy atom. The molecule has 0 amide bonds. The van der Waals surface area contributed by atoms with Gasteiger partial charge in [-0.15, -0.1) is 0 Å². The molecule has 0 aromatic heterocycles. The Bertz CT molecular complexity index is 307. The molecule has 118 valence electrons. The maximum atomic E-state index is 3.61. The summed E-state index contributed by atoms with van der Waals surface area (Å²) in [5.41, 5.74) is 0.462. The van der Waals surface area contributed by atoms with E-state index in [2.05, 4.69) is 51.9 Å². The molecule has 0 aromatic rings. The molecular weight excluding hydrogens is 244 g/mol. The molecule has 0 spiro atoms. The Labute approximate surface area is 126 Å². The summed E-state index contributed by atoms with van der Waals surface area (Å²) in [5.74, 6) is 1.79. The first-order chi connectivity index (χ1) is 9.32. The Morgan fingerprint density at radius 1 is 1.00 bits per heavy atom. The van der Waals surface area contributed by atoms with E-state index in [9.17, 15) is 0 Å². The summed E-state index contributed by atoms with van der Waals surface area (Å²) in [6, 6.07) is 2.21. The van der Waals surface area contributed by atoms with Crippen LogP contribution < -0.4 is 5.32 Å². The zero-order valence-corrected chi connectivity index (χ0v) is 14.6. The molecule has 1 aliphatic heterocycles. The van der Waals surface area contributed by atoms with Gasteiger partial charge < -0.3 is 5.32 Å². The molecule has 2 heteroatoms. The van der Waals surface area contributed by atoms with Crippen molar-refractivity contribution in [2.24, 2.45) is 17.3 Å². The van der Waals surface area contributed by atoms with Gasteiger partial charge in [0.15, 0.2) is 0 Å². The van der Waals surface area contributed by atoms with Gasteiger partial charge in [-0.3, -0.25) is 4.90 Å². The van der Waals surface area contributed by atoms with Crippen LogP contribution >= 0.6 is 0 Å². The molecule has 2 aliphatic rings. The van der Waals surface area contributed by atoms with Gasteiger partial charge in [0.1, 0.15) is 0 Å². The molecule has 20 heavy (non-hydrogen) atoms. The maximum absolute atomic E-state index is 3.61. The summed E-state index contributed by atoms with van der Waals surface area (Å²) in [7, 11) is 2.16. The van der Waals surface area contributed by atoms with Crippen LogP contribution in [0.3, 0.4) is 0 Å². The number of nitrogens with one attached hydrogen (secondary N) is 1. The SMILES string of the molecule is CNC1CCC(C(C)(C)C)CC1N1CCC(C)CC1C. The fourth-order valence-electron chi connectivity index (χ4n) is 4.55. The molecule has 5 unspecified atom stereocenters. The van der Waals surface area contributed by atoms with E-state index in [1.165, 1.54) is 38.6 Å². The lowest BCUT2D eigenvalue weighted by molar-refractivity contribution is 0.0125. The molecule has 2 nitrogen and oxygen atoms in total. The molecule has 1 N–H and O–H groups in total. The van der Waals surface area contributed by atoms with Crippen molar-refractivity contribution >= 4 is 0 Å². The van der Waals surface area contributed by atoms with Crippen molar-refractivity contribution in [1.29, 1.82) is 0 Å². The predicted octanol–water partition coefficient (Wildman–Crippen LogP) is 3.91. The highest BCUT2D eigenvalue weighted by Gasteiger charge is 2.40. The second kappa shape index (κ2) is 6.36. The number of hydrogen-bond acceptors (Lipinski definition) is 2. The number of likely N-dealkylation sites (N-methyl/N-ethyl adjacent to an activating group) is 1. The maximum Gasteiger partial charge on any atom is 0.0254 e. The molecule has 1 saturated heterocycles. The van der Waals surface area contributed by atoms with Crippen LogP contribution in [0.2, 0.25) is 0 Å². The van der Waals surface area contributed by atoms with Gasteiger partial charge in [0.05, 0.1) is 0 Å². The highest BCUT2D eigenvalue weighted by atomic mass is 15.2. The predicted molar refractivity (Wildman–Crippen MR) is 88.0 cm³/mol. The smallest absolute Gasteiger partial charge is 0.0254 e. The third-order valence-electron chi connectivity index (χ3n) is 6.03. The number of likely N-dealkylation sites (tertiary alicyclic amines) is 1. The molecule has 0 bridgehead atoms. The van der Waals surface area contributed by atoms with Crippen LogP contribution in [-0.4, -0.2) is 36.6 Å². The minimum Gasteiger partial charge on any atom is -0.315 e. The largest absolute Gasteiger partial charge is 0.315 e. The standard InChI is InChI=1S/C18H36N2/c1-13-9-10-20(14(2)11-13)17-12-15(18(3,4)5)7-8-16(17)19-6/h13-17,19H,7-12H2,1-6H3. The molecular formula is C18H36N2. The monoisotopic (exact) mass is 280 g/mol. The highest BCUT2D eigenvalue weighted by Crippen LogP contribution is 2.40. The van der Waals surface area contributed by atoms with Crippen molar-refractivity contribution < 1.29 is 0 Å². The van der Waals surface area contributed by atoms with Crippen LogP contribution in [0.1, 0.15) is 66.7 Å². The number of rotatable bonds is 2. The second-order valence-corrected chi connectivity index (χ2v) is 8.55. The average Bonchev–Trinajstić information content (AvgIpc) is 2.37. The Hall–Kier alpha value is -0.0800. The van der Waals surface area contributed by atoms with Gasteiger partial charge >= 0.3 is 0 Å². The number of nitrogens with zero attached hydrogens (tertiary/aromatic N) is 1. The van der Waals surface area contributed by atoms with E-state index in [1.807, 2.05) is 0 Å². The quantitative estimate of drug-likeness (QED) is 0.825. The minimum atomic E-state index is 0.462. The van der Waals surface area contributed by atoms with Gasteiger partial charge in [-0.2, -0.15) is 0 Å². The third-order valence-corrected chi connectivity index (χ3v) is 6.03. The third kappa shape index (κ3) is 3.57. The first-order valence-electron chi connectivity index (χ1n) is 8.76. The molecule has 0 aromatic carbocycles. The van der Waals surface area contributed by atoms with Crippen LogP contribution in [-0.2, 0) is 0 Å². The molecule has 0 radical (unpaired) electrons. The summed E-state index contributed by atoms with van der Waals surface area (Å²) in [5, 5.41) is 3.61. The van der Waals surface area contributed by atoms with Gasteiger partial charge in [-0.05, 0) is 69.9 Å². The van der Waals surface area contributed by atoms with E-state index in [4.69, 9.17) is 0 Å². The van der Waals surface area contributed by atoms with Crippen molar-refractivity contribution in [2.75, 3.05) is 13.6 Å². The van der Waals surface area contributed by atoms with E-state index >= 15 is 0 Å². The van der Waals surface area contributed by atoms with Crippen molar-refractivity contribution in [2.45, 2.75) is 84.8 Å². The topological polar surface area (TPSA) is 15.3 Å². The summed E-state index contributed by atoms with van der Waals surface area (Å²) in [4.78, 5) is 2.83. The molecule has 2 fully saturated rings. The van der Waals surface area contributed by atoms with E-state index in [0.717, 1.165) is 23.9 Å². The summed E-state index contributed by atoms with van der Waals surface area (Å²) in [6.45, 7) is 13.5. The second-order valence-electron chi connectivity index (χ2n) is 8.55. The van der Waals surface area contributed by atoms with Crippen LogP contribution in [0.15, 0.2) is 0 Å². The summed E-state index contributed by atoms with van der Waals surface area (Å²) in [6.07, 6.45) is 6.89. The van der Waals surface area contributed by atoms with Crippen LogP contribution in [0.25, 0.3) is 0 Å². The van der Waals surface area contributed by atoms with Crippen LogP contribution in [0.4, 0.5) is 0 Å². The van der Waals surface area contributed by atoms with Gasteiger partial charge in [0, 0.05) is 18.1 Å². The molecule has 1 saturated carbocycles. The highest BCUT2D eigenvalue weighted by molar-refractivity contribution is 4.96. The van der Waals surface area contributed by atoms with Gasteiger partial charge in [-0.25, -0.2) is 0 Å². The Kier molecular flexibility index (Phi) is 5.18. The molecule has 5 atom stereocenters. The molecule has 1 heterocycles.